The summed E-state index contributed by atoms with van der Waals surface area (Å²) in [4.78, 5) is 21.7. The van der Waals surface area contributed by atoms with Crippen LogP contribution in [0, 0.1) is 6.92 Å². The smallest absolute Gasteiger partial charge is 0.263 e. The van der Waals surface area contributed by atoms with Crippen LogP contribution in [0.2, 0.25) is 0 Å². The highest BCUT2D eigenvalue weighted by atomic mass is 32.2. The Balaban J connectivity index is 1.39. The van der Waals surface area contributed by atoms with Gasteiger partial charge in [-0.3, -0.25) is 9.52 Å². The van der Waals surface area contributed by atoms with Crippen LogP contribution in [0.4, 0.5) is 28.7 Å². The highest BCUT2D eigenvalue weighted by molar-refractivity contribution is 7.92. The zero-order valence-electron chi connectivity index (χ0n) is 23.7. The summed E-state index contributed by atoms with van der Waals surface area (Å²) in [6, 6.07) is 25.9. The van der Waals surface area contributed by atoms with Crippen molar-refractivity contribution in [3.05, 3.63) is 96.6 Å². The lowest BCUT2D eigenvalue weighted by atomic mass is 10.2. The van der Waals surface area contributed by atoms with E-state index in [9.17, 15) is 13.2 Å². The number of nitrogens with one attached hydrogen (secondary N) is 4. The summed E-state index contributed by atoms with van der Waals surface area (Å²) < 4.78 is 40.4. The number of ether oxygens (including phenoxy) is 2. The molecule has 5 aromatic rings. The molecule has 0 aliphatic carbocycles. The number of sulfonamides is 1. The van der Waals surface area contributed by atoms with E-state index in [4.69, 9.17) is 9.47 Å². The molecular formula is C31H30N6O5S. The van der Waals surface area contributed by atoms with Gasteiger partial charge < -0.3 is 25.4 Å². The predicted octanol–water partition coefficient (Wildman–Crippen LogP) is 5.55. The van der Waals surface area contributed by atoms with Gasteiger partial charge in [-0.1, -0.05) is 36.4 Å². The van der Waals surface area contributed by atoms with Crippen molar-refractivity contribution in [2.75, 3.05) is 41.4 Å². The standard InChI is InChI=1S/C31H30N6O5S/c1-20-9-4-5-12-26(20)32-19-29(38)33-21-10-8-11-25(17-21)43(39,40)37-31-30(35-27-13-6-7-14-28(27)36-31)34-22-15-23(41-2)18-24(16-22)42-3/h4-18,32H,19H2,1-3H3,(H,33,38)(H,34,35)(H,36,37). The molecule has 0 spiro atoms. The Morgan fingerprint density at radius 3 is 2.09 bits per heavy atom. The molecule has 4 aromatic carbocycles. The number of hydrogen-bond acceptors (Lipinski definition) is 9. The highest BCUT2D eigenvalue weighted by Crippen LogP contribution is 2.31. The molecule has 0 aliphatic rings. The van der Waals surface area contributed by atoms with Crippen LogP contribution in [0.5, 0.6) is 11.5 Å². The fraction of sp³-hybridized carbons (Fsp3) is 0.129. The Morgan fingerprint density at radius 2 is 1.42 bits per heavy atom. The Labute approximate surface area is 249 Å². The van der Waals surface area contributed by atoms with Gasteiger partial charge in [0.1, 0.15) is 11.5 Å². The van der Waals surface area contributed by atoms with E-state index in [0.717, 1.165) is 11.3 Å². The van der Waals surface area contributed by atoms with Crippen LogP contribution < -0.4 is 30.1 Å². The number of rotatable bonds is 11. The second kappa shape index (κ2) is 12.7. The van der Waals surface area contributed by atoms with Gasteiger partial charge in [0.15, 0.2) is 11.6 Å². The number of nitrogens with zero attached hydrogens (tertiary/aromatic N) is 2. The summed E-state index contributed by atoms with van der Waals surface area (Å²) in [5.74, 6) is 0.893. The highest BCUT2D eigenvalue weighted by Gasteiger charge is 2.20. The maximum atomic E-state index is 13.6. The Bertz CT molecular complexity index is 1880. The van der Waals surface area contributed by atoms with Crippen molar-refractivity contribution < 1.29 is 22.7 Å². The average Bonchev–Trinajstić information content (AvgIpc) is 3.00. The number of aromatic nitrogens is 2. The van der Waals surface area contributed by atoms with Crippen LogP contribution in [-0.2, 0) is 14.8 Å². The van der Waals surface area contributed by atoms with Crippen molar-refractivity contribution in [1.82, 2.24) is 9.97 Å². The quantitative estimate of drug-likeness (QED) is 0.154. The topological polar surface area (TPSA) is 144 Å². The van der Waals surface area contributed by atoms with Gasteiger partial charge >= 0.3 is 0 Å². The van der Waals surface area contributed by atoms with E-state index in [1.54, 1.807) is 48.5 Å². The molecule has 0 saturated carbocycles. The molecule has 1 heterocycles. The minimum Gasteiger partial charge on any atom is -0.497 e. The van der Waals surface area contributed by atoms with Crippen LogP contribution in [0.15, 0.2) is 95.9 Å². The van der Waals surface area contributed by atoms with Crippen LogP contribution in [0.1, 0.15) is 5.56 Å². The third-order valence-corrected chi connectivity index (χ3v) is 7.76. The lowest BCUT2D eigenvalue weighted by Crippen LogP contribution is -2.22. The molecule has 220 valence electrons. The first-order valence-corrected chi connectivity index (χ1v) is 14.7. The van der Waals surface area contributed by atoms with Crippen molar-refractivity contribution in [3.63, 3.8) is 0 Å². The van der Waals surface area contributed by atoms with Crippen molar-refractivity contribution >= 4 is 55.7 Å². The number of carbonyl (C=O) groups excluding carboxylic acids is 1. The number of methoxy groups -OCH3 is 2. The minimum absolute atomic E-state index is 0.0108. The van der Waals surface area contributed by atoms with E-state index in [0.29, 0.717) is 33.9 Å². The summed E-state index contributed by atoms with van der Waals surface area (Å²) in [5, 5.41) is 8.96. The van der Waals surface area contributed by atoms with Crippen molar-refractivity contribution in [2.24, 2.45) is 0 Å². The monoisotopic (exact) mass is 598 g/mol. The van der Waals surface area contributed by atoms with Crippen molar-refractivity contribution in [1.29, 1.82) is 0 Å². The molecular weight excluding hydrogens is 568 g/mol. The molecule has 0 aliphatic heterocycles. The molecule has 11 nitrogen and oxygen atoms in total. The Hall–Kier alpha value is -5.36. The number of para-hydroxylation sites is 3. The van der Waals surface area contributed by atoms with Crippen LogP contribution in [0.25, 0.3) is 11.0 Å². The van der Waals surface area contributed by atoms with Crippen molar-refractivity contribution in [2.45, 2.75) is 11.8 Å². The lowest BCUT2D eigenvalue weighted by Gasteiger charge is -2.15. The summed E-state index contributed by atoms with van der Waals surface area (Å²) >= 11 is 0. The maximum absolute atomic E-state index is 13.6. The van der Waals surface area contributed by atoms with Gasteiger partial charge in [0.2, 0.25) is 5.91 Å². The number of anilines is 5. The van der Waals surface area contributed by atoms with E-state index >= 15 is 0 Å². The molecule has 0 fully saturated rings. The van der Waals surface area contributed by atoms with Crippen LogP contribution in [-0.4, -0.2) is 45.1 Å². The average molecular weight is 599 g/mol. The third kappa shape index (κ3) is 7.11. The largest absolute Gasteiger partial charge is 0.497 e. The SMILES string of the molecule is COc1cc(Nc2nc3ccccc3nc2NS(=O)(=O)c2cccc(NC(=O)CNc3ccccc3C)c2)cc(OC)c1. The molecule has 0 saturated heterocycles. The van der Waals surface area contributed by atoms with Gasteiger partial charge in [0.05, 0.1) is 36.7 Å². The summed E-state index contributed by atoms with van der Waals surface area (Å²) in [7, 11) is -1.08. The van der Waals surface area contributed by atoms with Crippen LogP contribution >= 0.6 is 0 Å². The zero-order chi connectivity index (χ0) is 30.4. The van der Waals surface area contributed by atoms with E-state index in [1.807, 2.05) is 37.3 Å². The van der Waals surface area contributed by atoms with Gasteiger partial charge in [-0.05, 0) is 48.9 Å². The van der Waals surface area contributed by atoms with Gasteiger partial charge in [-0.15, -0.1) is 0 Å². The Kier molecular flexibility index (Phi) is 8.58. The van der Waals surface area contributed by atoms with Crippen molar-refractivity contribution in [3.8, 4) is 11.5 Å². The number of hydrogen-bond donors (Lipinski definition) is 4. The predicted molar refractivity (Wildman–Crippen MR) is 168 cm³/mol. The maximum Gasteiger partial charge on any atom is 0.263 e. The fourth-order valence-corrected chi connectivity index (χ4v) is 5.31. The zero-order valence-corrected chi connectivity index (χ0v) is 24.5. The third-order valence-electron chi connectivity index (χ3n) is 6.43. The van der Waals surface area contributed by atoms with Gasteiger partial charge in [-0.2, -0.15) is 0 Å². The van der Waals surface area contributed by atoms with E-state index in [-0.39, 0.29) is 29.0 Å². The molecule has 43 heavy (non-hydrogen) atoms. The van der Waals surface area contributed by atoms with E-state index in [1.165, 1.54) is 26.4 Å². The molecule has 0 radical (unpaired) electrons. The minimum atomic E-state index is -4.15. The summed E-state index contributed by atoms with van der Waals surface area (Å²) in [6.45, 7) is 1.95. The molecule has 5 rings (SSSR count). The number of fused-ring (bicyclic) bond motifs is 1. The van der Waals surface area contributed by atoms with Crippen LogP contribution in [0.3, 0.4) is 0 Å². The molecule has 1 amide bonds. The first-order chi connectivity index (χ1) is 20.7. The number of amides is 1. The molecule has 12 heteroatoms. The van der Waals surface area contributed by atoms with E-state index < -0.39 is 10.0 Å². The fourth-order valence-electron chi connectivity index (χ4n) is 4.25. The van der Waals surface area contributed by atoms with Gasteiger partial charge in [0, 0.05) is 35.3 Å². The van der Waals surface area contributed by atoms with Gasteiger partial charge in [0.25, 0.3) is 10.0 Å². The number of benzene rings is 4. The van der Waals surface area contributed by atoms with E-state index in [2.05, 4.69) is 30.6 Å². The number of aryl methyl sites for hydroxylation is 1. The second-order valence-electron chi connectivity index (χ2n) is 9.49. The Morgan fingerprint density at radius 1 is 0.767 bits per heavy atom. The lowest BCUT2D eigenvalue weighted by molar-refractivity contribution is -0.114. The molecule has 1 aromatic heterocycles. The normalized spacial score (nSPS) is 11.0. The molecule has 0 atom stereocenters. The van der Waals surface area contributed by atoms with Gasteiger partial charge in [-0.25, -0.2) is 18.4 Å². The molecule has 4 N–H and O–H groups in total. The molecule has 0 unspecified atom stereocenters. The number of carbonyl (C=O) groups is 1. The summed E-state index contributed by atoms with van der Waals surface area (Å²) in [6.07, 6.45) is 0. The molecule has 0 bridgehead atoms. The first-order valence-electron chi connectivity index (χ1n) is 13.2. The second-order valence-corrected chi connectivity index (χ2v) is 11.2. The summed E-state index contributed by atoms with van der Waals surface area (Å²) in [5.41, 5.74) is 3.77. The first kappa shape index (κ1) is 29.1.